The first-order chi connectivity index (χ1) is 14.1. The summed E-state index contributed by atoms with van der Waals surface area (Å²) in [6.07, 6.45) is 1.68. The van der Waals surface area contributed by atoms with Crippen LogP contribution < -0.4 is 4.74 Å². The fraction of sp³-hybridized carbons (Fsp3) is 0.273. The molecule has 1 saturated heterocycles. The number of carbonyl (C=O) groups excluding carboxylic acids is 2. The number of imide groups is 1. The maximum Gasteiger partial charge on any atom is 0.268 e. The van der Waals surface area contributed by atoms with Crippen LogP contribution in [0.2, 0.25) is 5.02 Å². The molecule has 2 aliphatic heterocycles. The van der Waals surface area contributed by atoms with E-state index in [1.165, 1.54) is 16.7 Å². The summed E-state index contributed by atoms with van der Waals surface area (Å²) in [6.45, 7) is 0.932. The molecule has 7 heteroatoms. The van der Waals surface area contributed by atoms with Gasteiger partial charge in [-0.25, -0.2) is 0 Å². The molecule has 2 aliphatic rings. The minimum absolute atomic E-state index is 0.110. The molecule has 1 unspecified atom stereocenters. The number of para-hydroxylation sites is 1. The van der Waals surface area contributed by atoms with Gasteiger partial charge in [0, 0.05) is 22.1 Å². The third-order valence-electron chi connectivity index (χ3n) is 4.95. The highest BCUT2D eigenvalue weighted by atomic mass is 35.5. The molecule has 2 aromatic rings. The first kappa shape index (κ1) is 20.0. The van der Waals surface area contributed by atoms with Crippen LogP contribution >= 0.6 is 23.4 Å². The van der Waals surface area contributed by atoms with E-state index in [4.69, 9.17) is 21.1 Å². The Balaban J connectivity index is 1.74. The van der Waals surface area contributed by atoms with E-state index in [1.807, 2.05) is 24.3 Å². The Morgan fingerprint density at radius 3 is 2.59 bits per heavy atom. The van der Waals surface area contributed by atoms with Crippen molar-refractivity contribution < 1.29 is 19.1 Å². The van der Waals surface area contributed by atoms with E-state index in [1.54, 1.807) is 31.4 Å². The van der Waals surface area contributed by atoms with Gasteiger partial charge in [-0.15, -0.1) is 0 Å². The summed E-state index contributed by atoms with van der Waals surface area (Å²) in [7, 11) is 1.55. The number of benzene rings is 2. The smallest absolute Gasteiger partial charge is 0.268 e. The molecule has 2 aromatic carbocycles. The van der Waals surface area contributed by atoms with E-state index >= 15 is 0 Å². The zero-order valence-electron chi connectivity index (χ0n) is 15.9. The van der Waals surface area contributed by atoms with Gasteiger partial charge in [-0.05, 0) is 43.2 Å². The normalized spacial score (nSPS) is 19.4. The summed E-state index contributed by atoms with van der Waals surface area (Å²) < 4.78 is 11.1. The molecule has 1 fully saturated rings. The van der Waals surface area contributed by atoms with Crippen LogP contribution in [0.15, 0.2) is 58.3 Å². The molecule has 29 heavy (non-hydrogen) atoms. The SMILES string of the molecule is COc1ccccc1C1=C(Sc2ccc(Cl)cc2)C(=O)N(CC2CCCO2)C1=O. The highest BCUT2D eigenvalue weighted by molar-refractivity contribution is 8.04. The van der Waals surface area contributed by atoms with Crippen molar-refractivity contribution in [2.75, 3.05) is 20.3 Å². The van der Waals surface area contributed by atoms with Crippen LogP contribution in [0.5, 0.6) is 5.75 Å². The Kier molecular flexibility index (Phi) is 5.94. The third kappa shape index (κ3) is 4.06. The van der Waals surface area contributed by atoms with Crippen LogP contribution in [-0.2, 0) is 14.3 Å². The van der Waals surface area contributed by atoms with E-state index in [-0.39, 0.29) is 24.5 Å². The number of halogens is 1. The van der Waals surface area contributed by atoms with Crippen LogP contribution in [0.4, 0.5) is 0 Å². The molecule has 0 aromatic heterocycles. The van der Waals surface area contributed by atoms with E-state index in [0.29, 0.717) is 33.4 Å². The van der Waals surface area contributed by atoms with Crippen molar-refractivity contribution in [3.05, 3.63) is 64.0 Å². The quantitative estimate of drug-likeness (QED) is 0.637. The molecule has 2 heterocycles. The van der Waals surface area contributed by atoms with Gasteiger partial charge in [0.2, 0.25) is 0 Å². The average Bonchev–Trinajstić information content (AvgIpc) is 3.33. The van der Waals surface area contributed by atoms with Gasteiger partial charge in [0.15, 0.2) is 0 Å². The molecule has 150 valence electrons. The van der Waals surface area contributed by atoms with Gasteiger partial charge in [-0.1, -0.05) is 41.6 Å². The first-order valence-electron chi connectivity index (χ1n) is 9.37. The molecule has 0 saturated carbocycles. The number of carbonyl (C=O) groups is 2. The zero-order valence-corrected chi connectivity index (χ0v) is 17.5. The lowest BCUT2D eigenvalue weighted by Gasteiger charge is -2.19. The highest BCUT2D eigenvalue weighted by Crippen LogP contribution is 2.42. The number of ether oxygens (including phenoxy) is 2. The summed E-state index contributed by atoms with van der Waals surface area (Å²) >= 11 is 7.25. The van der Waals surface area contributed by atoms with Gasteiger partial charge in [-0.2, -0.15) is 0 Å². The van der Waals surface area contributed by atoms with Crippen molar-refractivity contribution >= 4 is 40.8 Å². The van der Waals surface area contributed by atoms with Crippen LogP contribution in [0.1, 0.15) is 18.4 Å². The Hall–Kier alpha value is -2.28. The maximum atomic E-state index is 13.3. The number of hydrogen-bond donors (Lipinski definition) is 0. The van der Waals surface area contributed by atoms with Crippen LogP contribution in [0.25, 0.3) is 5.57 Å². The van der Waals surface area contributed by atoms with Crippen molar-refractivity contribution in [2.24, 2.45) is 0 Å². The monoisotopic (exact) mass is 429 g/mol. The van der Waals surface area contributed by atoms with E-state index in [9.17, 15) is 9.59 Å². The van der Waals surface area contributed by atoms with Crippen molar-refractivity contribution in [3.8, 4) is 5.75 Å². The molecule has 0 spiro atoms. The van der Waals surface area contributed by atoms with Gasteiger partial charge in [0.25, 0.3) is 11.8 Å². The summed E-state index contributed by atoms with van der Waals surface area (Å²) in [5.74, 6) is -0.0605. The predicted octanol–water partition coefficient (Wildman–Crippen LogP) is 4.40. The molecule has 0 bridgehead atoms. The standard InChI is InChI=1S/C22H20ClNO4S/c1-27-18-7-3-2-6-17(18)19-20(29-16-10-8-14(23)9-11-16)22(26)24(21(19)25)13-15-5-4-12-28-15/h2-3,6-11,15H,4-5,12-13H2,1H3. The van der Waals surface area contributed by atoms with Crippen LogP contribution in [0.3, 0.4) is 0 Å². The van der Waals surface area contributed by atoms with E-state index < -0.39 is 0 Å². The van der Waals surface area contributed by atoms with Crippen LogP contribution in [0, 0.1) is 0 Å². The molecule has 0 radical (unpaired) electrons. The van der Waals surface area contributed by atoms with Gasteiger partial charge in [0.1, 0.15) is 5.75 Å². The van der Waals surface area contributed by atoms with Gasteiger partial charge in [-0.3, -0.25) is 14.5 Å². The lowest BCUT2D eigenvalue weighted by Crippen LogP contribution is -2.37. The molecular formula is C22H20ClNO4S. The number of amides is 2. The molecule has 0 aliphatic carbocycles. The second-order valence-corrected chi connectivity index (χ2v) is 8.34. The lowest BCUT2D eigenvalue weighted by molar-refractivity contribution is -0.138. The number of rotatable bonds is 6. The summed E-state index contributed by atoms with van der Waals surface area (Å²) in [6, 6.07) is 14.4. The Bertz CT molecular complexity index is 967. The van der Waals surface area contributed by atoms with Crippen molar-refractivity contribution in [2.45, 2.75) is 23.8 Å². The second kappa shape index (κ2) is 8.61. The number of methoxy groups -OCH3 is 1. The van der Waals surface area contributed by atoms with Gasteiger partial charge >= 0.3 is 0 Å². The largest absolute Gasteiger partial charge is 0.496 e. The fourth-order valence-electron chi connectivity index (χ4n) is 3.52. The predicted molar refractivity (Wildman–Crippen MR) is 113 cm³/mol. The van der Waals surface area contributed by atoms with Crippen LogP contribution in [-0.4, -0.2) is 43.1 Å². The molecule has 2 amide bonds. The molecule has 5 nitrogen and oxygen atoms in total. The topological polar surface area (TPSA) is 55.8 Å². The molecular weight excluding hydrogens is 410 g/mol. The highest BCUT2D eigenvalue weighted by Gasteiger charge is 2.41. The second-order valence-electron chi connectivity index (χ2n) is 6.82. The maximum absolute atomic E-state index is 13.3. The fourth-order valence-corrected chi connectivity index (χ4v) is 4.65. The molecule has 4 rings (SSSR count). The number of thioether (sulfide) groups is 1. The third-order valence-corrected chi connectivity index (χ3v) is 6.29. The first-order valence-corrected chi connectivity index (χ1v) is 10.6. The van der Waals surface area contributed by atoms with E-state index in [0.717, 1.165) is 17.7 Å². The average molecular weight is 430 g/mol. The Labute approximate surface area is 178 Å². The minimum atomic E-state index is -0.313. The van der Waals surface area contributed by atoms with Crippen molar-refractivity contribution in [1.29, 1.82) is 0 Å². The minimum Gasteiger partial charge on any atom is -0.496 e. The Morgan fingerprint density at radius 1 is 1.14 bits per heavy atom. The lowest BCUT2D eigenvalue weighted by atomic mass is 10.0. The summed E-state index contributed by atoms with van der Waals surface area (Å²) in [5, 5.41) is 0.613. The molecule has 1 atom stereocenters. The summed E-state index contributed by atoms with van der Waals surface area (Å²) in [5.41, 5.74) is 0.977. The van der Waals surface area contributed by atoms with Crippen molar-refractivity contribution in [1.82, 2.24) is 4.90 Å². The summed E-state index contributed by atoms with van der Waals surface area (Å²) in [4.78, 5) is 29.1. The number of hydrogen-bond acceptors (Lipinski definition) is 5. The number of nitrogens with zero attached hydrogens (tertiary/aromatic N) is 1. The zero-order chi connectivity index (χ0) is 20.4. The van der Waals surface area contributed by atoms with Gasteiger partial charge in [0.05, 0.1) is 30.2 Å². The van der Waals surface area contributed by atoms with Gasteiger partial charge < -0.3 is 9.47 Å². The Morgan fingerprint density at radius 2 is 1.90 bits per heavy atom. The molecule has 0 N–H and O–H groups in total. The van der Waals surface area contributed by atoms with Crippen molar-refractivity contribution in [3.63, 3.8) is 0 Å². The van der Waals surface area contributed by atoms with E-state index in [2.05, 4.69) is 0 Å².